The molecule has 0 aliphatic rings. The Balaban J connectivity index is 0.00000162. The molecule has 2 aromatic carbocycles. The molecule has 17 heteroatoms. The van der Waals surface area contributed by atoms with E-state index in [0.717, 1.165) is 12.1 Å². The summed E-state index contributed by atoms with van der Waals surface area (Å²) in [6.45, 7) is -0.399. The first kappa shape index (κ1) is 32.6. The molecular formula is C26H26ClF3N8O5. The van der Waals surface area contributed by atoms with Gasteiger partial charge in [0.15, 0.2) is 11.6 Å². The van der Waals surface area contributed by atoms with Gasteiger partial charge in [0, 0.05) is 26.0 Å². The van der Waals surface area contributed by atoms with E-state index in [1.54, 1.807) is 19.2 Å². The van der Waals surface area contributed by atoms with Gasteiger partial charge < -0.3 is 30.9 Å². The van der Waals surface area contributed by atoms with Gasteiger partial charge in [-0.2, -0.15) is 23.3 Å². The Morgan fingerprint density at radius 2 is 1.84 bits per heavy atom. The highest BCUT2D eigenvalue weighted by Crippen LogP contribution is 2.39. The summed E-state index contributed by atoms with van der Waals surface area (Å²) >= 11 is 6.00. The van der Waals surface area contributed by atoms with E-state index in [4.69, 9.17) is 36.7 Å². The van der Waals surface area contributed by atoms with Crippen molar-refractivity contribution in [3.8, 4) is 17.1 Å². The molecule has 43 heavy (non-hydrogen) atoms. The fourth-order valence-corrected chi connectivity index (χ4v) is 3.98. The second-order valence-corrected chi connectivity index (χ2v) is 8.97. The van der Waals surface area contributed by atoms with Crippen LogP contribution < -0.4 is 21.1 Å². The molecule has 13 nitrogen and oxygen atoms in total. The summed E-state index contributed by atoms with van der Waals surface area (Å²) in [6.07, 6.45) is -1.75. The average molecular weight is 623 g/mol. The van der Waals surface area contributed by atoms with E-state index in [0.29, 0.717) is 28.4 Å². The summed E-state index contributed by atoms with van der Waals surface area (Å²) in [5.41, 5.74) is 6.60. The van der Waals surface area contributed by atoms with Crippen molar-refractivity contribution in [2.45, 2.75) is 19.4 Å². The highest BCUT2D eigenvalue weighted by Gasteiger charge is 2.31. The predicted octanol–water partition coefficient (Wildman–Crippen LogP) is 4.06. The Hall–Kier alpha value is -4.96. The number of halogens is 4. The summed E-state index contributed by atoms with van der Waals surface area (Å²) < 4.78 is 52.5. The molecule has 2 aromatic heterocycles. The maximum atomic E-state index is 13.2. The monoisotopic (exact) mass is 622 g/mol. The van der Waals surface area contributed by atoms with Crippen LogP contribution in [0.1, 0.15) is 27.0 Å². The van der Waals surface area contributed by atoms with Crippen molar-refractivity contribution in [1.29, 1.82) is 0 Å². The molecule has 4 rings (SSSR count). The van der Waals surface area contributed by atoms with E-state index in [-0.39, 0.29) is 47.6 Å². The third-order valence-corrected chi connectivity index (χ3v) is 5.74. The van der Waals surface area contributed by atoms with E-state index in [1.807, 2.05) is 0 Å². The molecule has 0 radical (unpaired) electrons. The summed E-state index contributed by atoms with van der Waals surface area (Å²) in [7, 11) is 4.62. The van der Waals surface area contributed by atoms with Gasteiger partial charge in [-0.1, -0.05) is 0 Å². The Kier molecular flexibility index (Phi) is 10.8. The lowest BCUT2D eigenvalue weighted by Crippen LogP contribution is -2.20. The molecule has 2 heterocycles. The first-order valence-electron chi connectivity index (χ1n) is 12.1. The van der Waals surface area contributed by atoms with Gasteiger partial charge in [0.1, 0.15) is 17.7 Å². The molecule has 0 unspecified atom stereocenters. The standard InChI is InChI=1S/C25H24ClF3N8O3.CH2O2/c1-31-23(38)18-9-32-24(26)35-22(18)34-19-7-14(6-17(20(19)39-3)21-33-12-37(2)36-21)11-40-10-13-4-15(25(27,28)29)8-16(30)5-13;2-1-3/h4-9,12H,10-11,30H2,1-3H3,(H,31,38)(H,32,34,35);1H,(H,2,3). The number of carbonyl (C=O) groups excluding carboxylic acids is 1. The molecule has 1 amide bonds. The lowest BCUT2D eigenvalue weighted by atomic mass is 10.1. The molecule has 0 atom stereocenters. The Morgan fingerprint density at radius 1 is 1.16 bits per heavy atom. The van der Waals surface area contributed by atoms with Gasteiger partial charge >= 0.3 is 6.18 Å². The van der Waals surface area contributed by atoms with Crippen LogP contribution >= 0.6 is 11.6 Å². The molecule has 0 aliphatic heterocycles. The average Bonchev–Trinajstić information content (AvgIpc) is 3.38. The third kappa shape index (κ3) is 8.52. The number of benzene rings is 2. The Morgan fingerprint density at radius 3 is 2.42 bits per heavy atom. The molecule has 0 saturated carbocycles. The molecule has 0 bridgehead atoms. The second kappa shape index (κ2) is 14.3. The lowest BCUT2D eigenvalue weighted by Gasteiger charge is -2.17. The number of nitrogens with two attached hydrogens (primary N) is 1. The van der Waals surface area contributed by atoms with Crippen molar-refractivity contribution >= 4 is 41.2 Å². The van der Waals surface area contributed by atoms with Gasteiger partial charge in [0.05, 0.1) is 37.1 Å². The number of nitrogens with zero attached hydrogens (tertiary/aromatic N) is 5. The van der Waals surface area contributed by atoms with Crippen molar-refractivity contribution in [2.24, 2.45) is 7.05 Å². The number of nitrogen functional groups attached to an aromatic ring is 1. The number of aromatic nitrogens is 5. The van der Waals surface area contributed by atoms with Crippen molar-refractivity contribution in [3.05, 3.63) is 70.4 Å². The molecular weight excluding hydrogens is 597 g/mol. The van der Waals surface area contributed by atoms with Crippen LogP contribution in [0.25, 0.3) is 11.4 Å². The van der Waals surface area contributed by atoms with Gasteiger partial charge in [0.25, 0.3) is 12.4 Å². The zero-order chi connectivity index (χ0) is 31.7. The lowest BCUT2D eigenvalue weighted by molar-refractivity contribution is -0.137. The maximum Gasteiger partial charge on any atom is 0.416 e. The number of hydrogen-bond donors (Lipinski definition) is 4. The van der Waals surface area contributed by atoms with Crippen LogP contribution in [0.4, 0.5) is 30.4 Å². The van der Waals surface area contributed by atoms with Crippen molar-refractivity contribution in [2.75, 3.05) is 25.2 Å². The first-order chi connectivity index (χ1) is 20.4. The van der Waals surface area contributed by atoms with Crippen LogP contribution in [0, 0.1) is 0 Å². The smallest absolute Gasteiger partial charge is 0.416 e. The van der Waals surface area contributed by atoms with Crippen molar-refractivity contribution in [1.82, 2.24) is 30.0 Å². The summed E-state index contributed by atoms with van der Waals surface area (Å²) in [6, 6.07) is 6.67. The van der Waals surface area contributed by atoms with Gasteiger partial charge in [-0.05, 0) is 53.1 Å². The number of nitrogens with one attached hydrogen (secondary N) is 2. The Labute approximate surface area is 247 Å². The minimum absolute atomic E-state index is 0.0124. The van der Waals surface area contributed by atoms with Crippen LogP contribution in [0.5, 0.6) is 5.75 Å². The van der Waals surface area contributed by atoms with Crippen molar-refractivity contribution < 1.29 is 37.3 Å². The molecule has 5 N–H and O–H groups in total. The third-order valence-electron chi connectivity index (χ3n) is 5.56. The van der Waals surface area contributed by atoms with E-state index in [9.17, 15) is 18.0 Å². The highest BCUT2D eigenvalue weighted by molar-refractivity contribution is 6.28. The number of methoxy groups -OCH3 is 1. The van der Waals surface area contributed by atoms with Gasteiger partial charge in [-0.25, -0.2) is 9.97 Å². The second-order valence-electron chi connectivity index (χ2n) is 8.63. The number of amides is 1. The number of carboxylic acid groups (broad SMARTS) is 1. The predicted molar refractivity (Wildman–Crippen MR) is 150 cm³/mol. The van der Waals surface area contributed by atoms with E-state index >= 15 is 0 Å². The fraction of sp³-hybridized carbons (Fsp3) is 0.231. The van der Waals surface area contributed by atoms with Crippen molar-refractivity contribution in [3.63, 3.8) is 0 Å². The topological polar surface area (TPSA) is 179 Å². The highest BCUT2D eigenvalue weighted by atomic mass is 35.5. The van der Waals surface area contributed by atoms with E-state index in [2.05, 4.69) is 30.7 Å². The maximum absolute atomic E-state index is 13.2. The first-order valence-corrected chi connectivity index (χ1v) is 12.5. The largest absolute Gasteiger partial charge is 0.494 e. The number of rotatable bonds is 9. The van der Waals surface area contributed by atoms with Crippen LogP contribution in [-0.2, 0) is 36.0 Å². The molecule has 0 saturated heterocycles. The zero-order valence-corrected chi connectivity index (χ0v) is 23.7. The van der Waals surface area contributed by atoms with Gasteiger partial charge in [-0.15, -0.1) is 0 Å². The number of anilines is 3. The quantitative estimate of drug-likeness (QED) is 0.120. The van der Waals surface area contributed by atoms with Crippen LogP contribution in [-0.4, -0.2) is 56.4 Å². The summed E-state index contributed by atoms with van der Waals surface area (Å²) in [5, 5.41) is 16.7. The summed E-state index contributed by atoms with van der Waals surface area (Å²) in [5.74, 6) is 0.319. The van der Waals surface area contributed by atoms with Gasteiger partial charge in [0.2, 0.25) is 5.28 Å². The van der Waals surface area contributed by atoms with E-state index < -0.39 is 17.6 Å². The zero-order valence-electron chi connectivity index (χ0n) is 22.9. The SMILES string of the molecule is CNC(=O)c1cnc(Cl)nc1Nc1cc(COCc2cc(N)cc(C(F)(F)F)c2)cc(-c2ncn(C)n2)c1OC.O=CO. The van der Waals surface area contributed by atoms with Crippen LogP contribution in [0.15, 0.2) is 42.9 Å². The minimum atomic E-state index is -4.54. The van der Waals surface area contributed by atoms with Crippen LogP contribution in [0.3, 0.4) is 0 Å². The summed E-state index contributed by atoms with van der Waals surface area (Å²) in [4.78, 5) is 33.1. The molecule has 0 aliphatic carbocycles. The van der Waals surface area contributed by atoms with E-state index in [1.165, 1.54) is 37.4 Å². The fourth-order valence-electron chi connectivity index (χ4n) is 3.85. The Bertz CT molecular complexity index is 1600. The molecule has 0 spiro atoms. The number of carbonyl (C=O) groups is 2. The van der Waals surface area contributed by atoms with Crippen LogP contribution in [0.2, 0.25) is 5.28 Å². The number of hydrogen-bond acceptors (Lipinski definition) is 10. The molecule has 0 fully saturated rings. The molecule has 228 valence electrons. The van der Waals surface area contributed by atoms with Gasteiger partial charge in [-0.3, -0.25) is 14.3 Å². The minimum Gasteiger partial charge on any atom is -0.494 e. The number of ether oxygens (including phenoxy) is 2. The normalized spacial score (nSPS) is 10.9. The number of alkyl halides is 3. The number of aryl methyl sites for hydroxylation is 1. The molecule has 4 aromatic rings.